The molecule has 0 N–H and O–H groups in total. The van der Waals surface area contributed by atoms with Gasteiger partial charge >= 0.3 is 0 Å². The molecule has 0 unspecified atom stereocenters. The third-order valence-electron chi connectivity index (χ3n) is 2.92. The average Bonchev–Trinajstić information content (AvgIpc) is 2.42. The smallest absolute Gasteiger partial charge is 0.225 e. The zero-order valence-electron chi connectivity index (χ0n) is 8.54. The first-order chi connectivity index (χ1) is 6.81. The fourth-order valence-corrected chi connectivity index (χ4v) is 2.04. The Balaban J connectivity index is 2.08. The molecule has 1 aromatic rings. The molecule has 1 saturated carbocycles. The molecule has 0 amide bonds. The normalized spacial score (nSPS) is 17.0. The third kappa shape index (κ3) is 1.92. The minimum Gasteiger partial charge on any atom is -0.301 e. The Morgan fingerprint density at radius 1 is 1.43 bits per heavy atom. The second-order valence-corrected chi connectivity index (χ2v) is 4.38. The van der Waals surface area contributed by atoms with Crippen LogP contribution in [0.1, 0.15) is 38.4 Å². The van der Waals surface area contributed by atoms with Crippen molar-refractivity contribution in [3.05, 3.63) is 11.1 Å². The van der Waals surface area contributed by atoms with Crippen molar-refractivity contribution >= 4 is 11.6 Å². The summed E-state index contributed by atoms with van der Waals surface area (Å²) in [4.78, 5) is 0. The molecule has 14 heavy (non-hydrogen) atoms. The first-order valence-electron chi connectivity index (χ1n) is 5.39. The van der Waals surface area contributed by atoms with Gasteiger partial charge in [0, 0.05) is 13.0 Å². The summed E-state index contributed by atoms with van der Waals surface area (Å²) in [5, 5.41) is 8.58. The van der Waals surface area contributed by atoms with Gasteiger partial charge in [-0.3, -0.25) is 0 Å². The fraction of sp³-hybridized carbons (Fsp3) is 0.800. The summed E-state index contributed by atoms with van der Waals surface area (Å²) in [6.45, 7) is 3.16. The van der Waals surface area contributed by atoms with E-state index in [-0.39, 0.29) is 0 Å². The van der Waals surface area contributed by atoms with Gasteiger partial charge in [0.2, 0.25) is 5.28 Å². The van der Waals surface area contributed by atoms with Crippen LogP contribution >= 0.6 is 11.6 Å². The zero-order valence-corrected chi connectivity index (χ0v) is 9.30. The Morgan fingerprint density at radius 2 is 2.21 bits per heavy atom. The molecule has 0 aliphatic heterocycles. The predicted molar refractivity (Wildman–Crippen MR) is 56.4 cm³/mol. The highest BCUT2D eigenvalue weighted by Gasteiger charge is 2.20. The standard InChI is InChI=1S/C10H16ClN3/c1-2-4-9-12-13-10(11)14(9)7-8-5-3-6-8/h8H,2-7H2,1H3. The topological polar surface area (TPSA) is 30.7 Å². The van der Waals surface area contributed by atoms with Crippen LogP contribution in [-0.2, 0) is 13.0 Å². The second kappa shape index (κ2) is 4.30. The molecule has 0 spiro atoms. The Kier molecular flexibility index (Phi) is 3.06. The molecule has 1 heterocycles. The molecule has 0 bridgehead atoms. The molecular weight excluding hydrogens is 198 g/mol. The van der Waals surface area contributed by atoms with Crippen molar-refractivity contribution in [3.8, 4) is 0 Å². The summed E-state index contributed by atoms with van der Waals surface area (Å²) in [6, 6.07) is 0. The molecule has 3 nitrogen and oxygen atoms in total. The van der Waals surface area contributed by atoms with Gasteiger partial charge in [0.25, 0.3) is 0 Å². The lowest BCUT2D eigenvalue weighted by Gasteiger charge is -2.26. The Morgan fingerprint density at radius 3 is 2.79 bits per heavy atom. The summed E-state index contributed by atoms with van der Waals surface area (Å²) in [6.07, 6.45) is 6.11. The average molecular weight is 214 g/mol. The van der Waals surface area contributed by atoms with E-state index < -0.39 is 0 Å². The van der Waals surface area contributed by atoms with Crippen molar-refractivity contribution in [2.24, 2.45) is 5.92 Å². The van der Waals surface area contributed by atoms with E-state index in [0.29, 0.717) is 5.28 Å². The van der Waals surface area contributed by atoms with E-state index in [1.807, 2.05) is 0 Å². The van der Waals surface area contributed by atoms with Crippen LogP contribution in [0.2, 0.25) is 5.28 Å². The number of halogens is 1. The molecule has 1 aliphatic carbocycles. The van der Waals surface area contributed by atoms with Gasteiger partial charge in [0.05, 0.1) is 0 Å². The number of rotatable bonds is 4. The molecule has 0 aromatic carbocycles. The van der Waals surface area contributed by atoms with Crippen molar-refractivity contribution < 1.29 is 0 Å². The minimum atomic E-state index is 0.556. The number of nitrogens with zero attached hydrogens (tertiary/aromatic N) is 3. The van der Waals surface area contributed by atoms with Crippen LogP contribution in [0.15, 0.2) is 0 Å². The Labute approximate surface area is 89.5 Å². The quantitative estimate of drug-likeness (QED) is 0.770. The minimum absolute atomic E-state index is 0.556. The molecule has 0 radical (unpaired) electrons. The molecule has 1 aromatic heterocycles. The van der Waals surface area contributed by atoms with Gasteiger partial charge in [0.15, 0.2) is 0 Å². The van der Waals surface area contributed by atoms with Crippen molar-refractivity contribution in [2.45, 2.75) is 45.6 Å². The van der Waals surface area contributed by atoms with Crippen LogP contribution in [-0.4, -0.2) is 14.8 Å². The van der Waals surface area contributed by atoms with Gasteiger partial charge in [-0.25, -0.2) is 0 Å². The van der Waals surface area contributed by atoms with E-state index in [1.54, 1.807) is 0 Å². The molecular formula is C10H16ClN3. The maximum absolute atomic E-state index is 6.00. The predicted octanol–water partition coefficient (Wildman–Crippen LogP) is 2.68. The molecule has 0 atom stereocenters. The number of hydrogen-bond acceptors (Lipinski definition) is 2. The lowest BCUT2D eigenvalue weighted by atomic mass is 9.85. The summed E-state index contributed by atoms with van der Waals surface area (Å²) in [7, 11) is 0. The first kappa shape index (κ1) is 9.97. The van der Waals surface area contributed by atoms with E-state index in [4.69, 9.17) is 11.6 Å². The van der Waals surface area contributed by atoms with Gasteiger partial charge in [0.1, 0.15) is 5.82 Å². The van der Waals surface area contributed by atoms with E-state index in [9.17, 15) is 0 Å². The number of aryl methyl sites for hydroxylation is 1. The number of hydrogen-bond donors (Lipinski definition) is 0. The largest absolute Gasteiger partial charge is 0.301 e. The van der Waals surface area contributed by atoms with Crippen LogP contribution < -0.4 is 0 Å². The summed E-state index contributed by atoms with van der Waals surface area (Å²) >= 11 is 6.00. The van der Waals surface area contributed by atoms with Gasteiger partial charge in [-0.15, -0.1) is 10.2 Å². The molecule has 2 rings (SSSR count). The maximum atomic E-state index is 6.00. The van der Waals surface area contributed by atoms with Crippen molar-refractivity contribution in [1.29, 1.82) is 0 Å². The molecule has 78 valence electrons. The van der Waals surface area contributed by atoms with E-state index in [0.717, 1.165) is 31.1 Å². The van der Waals surface area contributed by atoms with Crippen LogP contribution in [0.3, 0.4) is 0 Å². The first-order valence-corrected chi connectivity index (χ1v) is 5.76. The lowest BCUT2D eigenvalue weighted by molar-refractivity contribution is 0.273. The SMILES string of the molecule is CCCc1nnc(Cl)n1CC1CCC1. The monoisotopic (exact) mass is 213 g/mol. The van der Waals surface area contributed by atoms with Gasteiger partial charge in [-0.2, -0.15) is 0 Å². The second-order valence-electron chi connectivity index (χ2n) is 4.04. The summed E-state index contributed by atoms with van der Waals surface area (Å²) in [5.41, 5.74) is 0. The van der Waals surface area contributed by atoms with Crippen molar-refractivity contribution in [1.82, 2.24) is 14.8 Å². The van der Waals surface area contributed by atoms with Gasteiger partial charge < -0.3 is 4.57 Å². The van der Waals surface area contributed by atoms with E-state index >= 15 is 0 Å². The number of aromatic nitrogens is 3. The van der Waals surface area contributed by atoms with Crippen molar-refractivity contribution in [3.63, 3.8) is 0 Å². The lowest BCUT2D eigenvalue weighted by Crippen LogP contribution is -2.19. The third-order valence-corrected chi connectivity index (χ3v) is 3.20. The van der Waals surface area contributed by atoms with Crippen LogP contribution in [0.4, 0.5) is 0 Å². The molecule has 1 aliphatic rings. The highest BCUT2D eigenvalue weighted by molar-refractivity contribution is 6.28. The molecule has 1 fully saturated rings. The zero-order chi connectivity index (χ0) is 9.97. The van der Waals surface area contributed by atoms with Gasteiger partial charge in [-0.1, -0.05) is 13.3 Å². The molecule has 0 saturated heterocycles. The van der Waals surface area contributed by atoms with Crippen molar-refractivity contribution in [2.75, 3.05) is 0 Å². The molecule has 4 heteroatoms. The van der Waals surface area contributed by atoms with Gasteiger partial charge in [-0.05, 0) is 36.8 Å². The highest BCUT2D eigenvalue weighted by atomic mass is 35.5. The summed E-state index contributed by atoms with van der Waals surface area (Å²) in [5.74, 6) is 1.85. The Bertz CT molecular complexity index is 304. The maximum Gasteiger partial charge on any atom is 0.225 e. The van der Waals surface area contributed by atoms with E-state index in [1.165, 1.54) is 19.3 Å². The van der Waals surface area contributed by atoms with Crippen LogP contribution in [0, 0.1) is 5.92 Å². The fourth-order valence-electron chi connectivity index (χ4n) is 1.84. The van der Waals surface area contributed by atoms with E-state index in [2.05, 4.69) is 21.7 Å². The highest BCUT2D eigenvalue weighted by Crippen LogP contribution is 2.29. The summed E-state index contributed by atoms with van der Waals surface area (Å²) < 4.78 is 2.08. The van der Waals surface area contributed by atoms with Crippen LogP contribution in [0.5, 0.6) is 0 Å². The Hall–Kier alpha value is -0.570. The van der Waals surface area contributed by atoms with Crippen LogP contribution in [0.25, 0.3) is 0 Å².